The molecule has 4 N–H and O–H groups in total. The number of rotatable bonds is 11. The molecule has 3 saturated heterocycles. The highest BCUT2D eigenvalue weighted by atomic mass is 19.1. The number of pyridine rings is 1. The number of anilines is 4. The maximum Gasteiger partial charge on any atom is 0.278 e. The lowest BCUT2D eigenvalue weighted by molar-refractivity contribution is -0.133. The average molecular weight is 789 g/mol. The van der Waals surface area contributed by atoms with E-state index in [9.17, 15) is 19.5 Å². The molecule has 1 unspecified atom stereocenters. The summed E-state index contributed by atoms with van der Waals surface area (Å²) in [7, 11) is 0. The lowest BCUT2D eigenvalue weighted by Crippen LogP contribution is -2.47. The molecule has 1 atom stereocenters. The van der Waals surface area contributed by atoms with Crippen molar-refractivity contribution in [1.29, 1.82) is 0 Å². The SMILES string of the molecule is C=CCn1c(=O)c2cnc(Nc3ccc(N4CCC(N5CCC(c6ccc(NC7CCC(=O)NC7=O)cc6F)CC5)CC4)cc3)nc2n1-c1cccc(C(C)(C)O)n1. The Hall–Kier alpha value is -5.93. The minimum Gasteiger partial charge on any atom is -0.384 e. The van der Waals surface area contributed by atoms with Crippen LogP contribution in [0.3, 0.4) is 0 Å². The zero-order valence-corrected chi connectivity index (χ0v) is 32.8. The van der Waals surface area contributed by atoms with Crippen molar-refractivity contribution in [2.45, 2.75) is 82.5 Å². The Morgan fingerprint density at radius 2 is 1.69 bits per heavy atom. The number of fused-ring (bicyclic) bond motifs is 1. The zero-order chi connectivity index (χ0) is 40.6. The van der Waals surface area contributed by atoms with Crippen LogP contribution in [0.4, 0.5) is 27.4 Å². The van der Waals surface area contributed by atoms with Gasteiger partial charge in [0.1, 0.15) is 22.8 Å². The number of hydrogen-bond donors (Lipinski definition) is 4. The van der Waals surface area contributed by atoms with Crippen molar-refractivity contribution in [3.05, 3.63) is 107 Å². The number of aromatic nitrogens is 5. The third-order valence-electron chi connectivity index (χ3n) is 11.6. The van der Waals surface area contributed by atoms with E-state index in [-0.39, 0.29) is 42.1 Å². The minimum absolute atomic E-state index is 0.150. The fraction of sp³-hybridized carbons (Fsp3) is 0.395. The predicted molar refractivity (Wildman–Crippen MR) is 221 cm³/mol. The first-order valence-electron chi connectivity index (χ1n) is 20.0. The Morgan fingerprint density at radius 1 is 0.948 bits per heavy atom. The number of piperidine rings is 3. The summed E-state index contributed by atoms with van der Waals surface area (Å²) >= 11 is 0. The third-order valence-corrected chi connectivity index (χ3v) is 11.6. The summed E-state index contributed by atoms with van der Waals surface area (Å²) < 4.78 is 18.4. The molecule has 3 aliphatic rings. The number of nitrogens with one attached hydrogen (secondary N) is 3. The van der Waals surface area contributed by atoms with Gasteiger partial charge in [0.15, 0.2) is 11.5 Å². The van der Waals surface area contributed by atoms with Crippen molar-refractivity contribution < 1.29 is 19.1 Å². The van der Waals surface area contributed by atoms with Crippen LogP contribution < -0.4 is 26.4 Å². The topological polar surface area (TPSA) is 163 Å². The van der Waals surface area contributed by atoms with Crippen molar-refractivity contribution >= 4 is 45.9 Å². The molecule has 3 aromatic heterocycles. The molecule has 0 aliphatic carbocycles. The van der Waals surface area contributed by atoms with Gasteiger partial charge in [-0.3, -0.25) is 19.7 Å². The molecule has 2 aromatic carbocycles. The first kappa shape index (κ1) is 38.9. The molecule has 0 radical (unpaired) electrons. The first-order valence-corrected chi connectivity index (χ1v) is 20.0. The van der Waals surface area contributed by atoms with Gasteiger partial charge < -0.3 is 25.5 Å². The van der Waals surface area contributed by atoms with E-state index < -0.39 is 11.6 Å². The summed E-state index contributed by atoms with van der Waals surface area (Å²) in [5.41, 5.74) is 2.62. The van der Waals surface area contributed by atoms with Crippen molar-refractivity contribution in [3.8, 4) is 5.82 Å². The summed E-state index contributed by atoms with van der Waals surface area (Å²) in [6.07, 6.45) is 7.71. The van der Waals surface area contributed by atoms with Crippen molar-refractivity contribution in [2.75, 3.05) is 41.7 Å². The second-order valence-electron chi connectivity index (χ2n) is 15.9. The van der Waals surface area contributed by atoms with Gasteiger partial charge in [-0.25, -0.2) is 23.7 Å². The molecule has 15 heteroatoms. The Morgan fingerprint density at radius 3 is 2.38 bits per heavy atom. The molecule has 14 nitrogen and oxygen atoms in total. The number of amides is 2. The second-order valence-corrected chi connectivity index (χ2v) is 15.9. The molecule has 2 amide bonds. The van der Waals surface area contributed by atoms with Crippen LogP contribution >= 0.6 is 0 Å². The molecule has 6 heterocycles. The number of carbonyl (C=O) groups excluding carboxylic acids is 2. The normalized spacial score (nSPS) is 18.7. The molecule has 0 bridgehead atoms. The van der Waals surface area contributed by atoms with Crippen LogP contribution in [0, 0.1) is 5.82 Å². The first-order chi connectivity index (χ1) is 27.9. The van der Waals surface area contributed by atoms with Gasteiger partial charge in [-0.15, -0.1) is 6.58 Å². The maximum absolute atomic E-state index is 15.3. The Balaban J connectivity index is 0.862. The second kappa shape index (κ2) is 16.1. The van der Waals surface area contributed by atoms with Crippen molar-refractivity contribution in [3.63, 3.8) is 0 Å². The molecular formula is C43H49FN10O4. The van der Waals surface area contributed by atoms with Gasteiger partial charge in [0.05, 0.1) is 12.2 Å². The molecular weight excluding hydrogens is 740 g/mol. The third kappa shape index (κ3) is 8.09. The fourth-order valence-corrected chi connectivity index (χ4v) is 8.42. The number of likely N-dealkylation sites (tertiary alicyclic amines) is 1. The monoisotopic (exact) mass is 788 g/mol. The van der Waals surface area contributed by atoms with Crippen LogP contribution in [0.25, 0.3) is 16.9 Å². The van der Waals surface area contributed by atoms with E-state index in [4.69, 9.17) is 4.98 Å². The van der Waals surface area contributed by atoms with Gasteiger partial charge in [0, 0.05) is 48.8 Å². The average Bonchev–Trinajstić information content (AvgIpc) is 3.49. The molecule has 0 spiro atoms. The number of imide groups is 1. The smallest absolute Gasteiger partial charge is 0.278 e. The van der Waals surface area contributed by atoms with Gasteiger partial charge in [-0.1, -0.05) is 18.2 Å². The van der Waals surface area contributed by atoms with E-state index >= 15 is 4.39 Å². The quantitative estimate of drug-likeness (QED) is 0.101. The number of nitrogens with zero attached hydrogens (tertiary/aromatic N) is 7. The number of aliphatic hydroxyl groups is 1. The lowest BCUT2D eigenvalue weighted by atomic mass is 9.87. The summed E-state index contributed by atoms with van der Waals surface area (Å²) in [6, 6.07) is 18.6. The Bertz CT molecular complexity index is 2390. The minimum atomic E-state index is -1.17. The molecule has 5 aromatic rings. The number of halogens is 1. The summed E-state index contributed by atoms with van der Waals surface area (Å²) in [6.45, 7) is 11.1. The van der Waals surface area contributed by atoms with Crippen molar-refractivity contribution in [1.82, 2.24) is 34.5 Å². The Labute approximate surface area is 335 Å². The number of carbonyl (C=O) groups is 2. The van der Waals surface area contributed by atoms with Crippen LogP contribution in [-0.2, 0) is 21.7 Å². The van der Waals surface area contributed by atoms with Gasteiger partial charge in [0.25, 0.3) is 5.56 Å². The lowest BCUT2D eigenvalue weighted by Gasteiger charge is -2.42. The summed E-state index contributed by atoms with van der Waals surface area (Å²) in [5, 5.41) is 19.6. The molecule has 302 valence electrons. The van der Waals surface area contributed by atoms with Gasteiger partial charge in [-0.2, -0.15) is 4.98 Å². The molecule has 58 heavy (non-hydrogen) atoms. The number of hydrogen-bond acceptors (Lipinski definition) is 11. The van der Waals surface area contributed by atoms with Gasteiger partial charge in [-0.05, 0) is 119 Å². The number of allylic oxidation sites excluding steroid dienone is 1. The van der Waals surface area contributed by atoms with E-state index in [0.29, 0.717) is 46.6 Å². The maximum atomic E-state index is 15.3. The number of benzene rings is 2. The van der Waals surface area contributed by atoms with Crippen LogP contribution in [-0.4, -0.2) is 84.4 Å². The van der Waals surface area contributed by atoms with Gasteiger partial charge >= 0.3 is 0 Å². The summed E-state index contributed by atoms with van der Waals surface area (Å²) in [4.78, 5) is 55.8. The molecule has 3 aliphatic heterocycles. The standard InChI is InChI=1S/C43H49FN10O4/c1-4-20-53-41(57)33-26-45-42(50-39(33)54(53)37-7-5-6-36(48-37)43(2,3)58)47-28-8-11-30(12-9-28)52-23-18-31(19-24-52)51-21-16-27(17-22-51)32-13-10-29(25-34(32)44)46-35-14-15-38(55)49-40(35)56/h4-13,25-27,31,35,46,58H,1,14-24H2,2-3H3,(H,45,47,50)(H,49,55,56). The Kier molecular flexibility index (Phi) is 10.8. The zero-order valence-electron chi connectivity index (χ0n) is 32.8. The fourth-order valence-electron chi connectivity index (χ4n) is 8.42. The van der Waals surface area contributed by atoms with E-state index in [1.165, 1.54) is 16.9 Å². The predicted octanol–water partition coefficient (Wildman–Crippen LogP) is 5.34. The highest BCUT2D eigenvalue weighted by Crippen LogP contribution is 2.34. The molecule has 3 fully saturated rings. The van der Waals surface area contributed by atoms with Crippen LogP contribution in [0.2, 0.25) is 0 Å². The largest absolute Gasteiger partial charge is 0.384 e. The van der Waals surface area contributed by atoms with Gasteiger partial charge in [0.2, 0.25) is 17.8 Å². The highest BCUT2D eigenvalue weighted by Gasteiger charge is 2.31. The molecule has 8 rings (SSSR count). The summed E-state index contributed by atoms with van der Waals surface area (Å²) in [5.74, 6) is 0.0149. The van der Waals surface area contributed by atoms with Crippen LogP contribution in [0.5, 0.6) is 0 Å². The van der Waals surface area contributed by atoms with E-state index in [1.54, 1.807) is 42.8 Å². The van der Waals surface area contributed by atoms with Crippen molar-refractivity contribution in [2.24, 2.45) is 0 Å². The van der Waals surface area contributed by atoms with E-state index in [2.05, 4.69) is 54.4 Å². The van der Waals surface area contributed by atoms with Crippen LogP contribution in [0.1, 0.15) is 69.5 Å². The van der Waals surface area contributed by atoms with E-state index in [1.807, 2.05) is 24.3 Å². The van der Waals surface area contributed by atoms with Crippen LogP contribution in [0.15, 0.2) is 84.3 Å². The molecule has 0 saturated carbocycles. The van der Waals surface area contributed by atoms with E-state index in [0.717, 1.165) is 68.8 Å². The highest BCUT2D eigenvalue weighted by molar-refractivity contribution is 6.01.